The van der Waals surface area contributed by atoms with E-state index in [1.165, 1.54) is 0 Å². The van der Waals surface area contributed by atoms with E-state index in [4.69, 9.17) is 0 Å². The molecule has 1 amide bonds. The first kappa shape index (κ1) is 13.6. The van der Waals surface area contributed by atoms with Crippen molar-refractivity contribution >= 4 is 5.91 Å². The van der Waals surface area contributed by atoms with Gasteiger partial charge in [0, 0.05) is 19.5 Å². The third kappa shape index (κ3) is 2.47. The number of carbonyl (C=O) groups excluding carboxylic acids is 1. The highest BCUT2D eigenvalue weighted by atomic mass is 19.4. The number of carbonyl (C=O) groups is 1. The Morgan fingerprint density at radius 3 is 2.67 bits per heavy atom. The Morgan fingerprint density at radius 2 is 2.17 bits per heavy atom. The Hall–Kier alpha value is -0.820. The Bertz CT molecular complexity index is 329. The minimum absolute atomic E-state index is 0.0225. The minimum Gasteiger partial charge on any atom is -0.379 e. The molecule has 2 rings (SSSR count). The van der Waals surface area contributed by atoms with Crippen LogP contribution in [-0.2, 0) is 4.79 Å². The maximum Gasteiger partial charge on any atom is 0.419 e. The van der Waals surface area contributed by atoms with Gasteiger partial charge in [-0.3, -0.25) is 4.79 Å². The van der Waals surface area contributed by atoms with Crippen LogP contribution < -0.4 is 5.32 Å². The van der Waals surface area contributed by atoms with Crippen LogP contribution in [0.3, 0.4) is 0 Å². The molecule has 0 bridgehead atoms. The number of alkyl halides is 3. The van der Waals surface area contributed by atoms with Crippen molar-refractivity contribution in [3.05, 3.63) is 0 Å². The largest absolute Gasteiger partial charge is 0.419 e. The smallest absolute Gasteiger partial charge is 0.379 e. The van der Waals surface area contributed by atoms with Crippen LogP contribution in [0.1, 0.15) is 19.3 Å². The van der Waals surface area contributed by atoms with Crippen molar-refractivity contribution in [1.29, 1.82) is 0 Å². The van der Waals surface area contributed by atoms with Gasteiger partial charge in [0.2, 0.25) is 5.91 Å². The van der Waals surface area contributed by atoms with E-state index >= 15 is 0 Å². The van der Waals surface area contributed by atoms with Gasteiger partial charge in [-0.05, 0) is 19.4 Å². The summed E-state index contributed by atoms with van der Waals surface area (Å²) in [4.78, 5) is 13.2. The lowest BCUT2D eigenvalue weighted by atomic mass is 9.98. The third-order valence-electron chi connectivity index (χ3n) is 3.73. The molecule has 0 aromatic carbocycles. The van der Waals surface area contributed by atoms with Gasteiger partial charge in [0.25, 0.3) is 0 Å². The van der Waals surface area contributed by atoms with Gasteiger partial charge in [0.1, 0.15) is 0 Å². The number of nitrogens with one attached hydrogen (secondary N) is 1. The molecule has 2 atom stereocenters. The summed E-state index contributed by atoms with van der Waals surface area (Å²) in [5, 5.41) is 12.6. The highest BCUT2D eigenvalue weighted by Gasteiger charge is 2.58. The first-order valence-corrected chi connectivity index (χ1v) is 6.12. The van der Waals surface area contributed by atoms with Crippen molar-refractivity contribution in [3.63, 3.8) is 0 Å². The number of hydrogen-bond donors (Lipinski definition) is 2. The summed E-state index contributed by atoms with van der Waals surface area (Å²) in [6.45, 7) is 0.702. The quantitative estimate of drug-likeness (QED) is 0.727. The number of piperidine rings is 1. The molecule has 2 N–H and O–H groups in total. The SMILES string of the molecule is O=C([C@H]1CCCNC1)N1CC[C@@](O)(C(F)(F)F)C1. The Kier molecular flexibility index (Phi) is 3.55. The van der Waals surface area contributed by atoms with E-state index in [9.17, 15) is 23.1 Å². The van der Waals surface area contributed by atoms with Crippen molar-refractivity contribution < 1.29 is 23.1 Å². The summed E-state index contributed by atoms with van der Waals surface area (Å²) >= 11 is 0. The lowest BCUT2D eigenvalue weighted by Gasteiger charge is -2.29. The van der Waals surface area contributed by atoms with Crippen LogP contribution in [0.15, 0.2) is 0 Å². The number of amides is 1. The van der Waals surface area contributed by atoms with Crippen LogP contribution in [-0.4, -0.2) is 53.9 Å². The fourth-order valence-corrected chi connectivity index (χ4v) is 2.53. The fourth-order valence-electron chi connectivity index (χ4n) is 2.53. The van der Waals surface area contributed by atoms with E-state index in [0.29, 0.717) is 13.0 Å². The molecule has 104 valence electrons. The third-order valence-corrected chi connectivity index (χ3v) is 3.73. The number of β-amino-alcohol motifs (C(OH)–C–C–N with tert-alkyl or cyclic N) is 1. The zero-order chi connectivity index (χ0) is 13.4. The number of hydrogen-bond acceptors (Lipinski definition) is 3. The number of aliphatic hydroxyl groups is 1. The Labute approximate surface area is 103 Å². The van der Waals surface area contributed by atoms with Crippen LogP contribution in [0, 0.1) is 5.92 Å². The molecule has 2 fully saturated rings. The molecule has 2 heterocycles. The van der Waals surface area contributed by atoms with Crippen LogP contribution in [0.5, 0.6) is 0 Å². The summed E-state index contributed by atoms with van der Waals surface area (Å²) in [6.07, 6.45) is -3.55. The summed E-state index contributed by atoms with van der Waals surface area (Å²) in [7, 11) is 0. The predicted octanol–water partition coefficient (Wildman–Crippen LogP) is 0.512. The zero-order valence-electron chi connectivity index (χ0n) is 9.96. The van der Waals surface area contributed by atoms with Crippen LogP contribution >= 0.6 is 0 Å². The lowest BCUT2D eigenvalue weighted by Crippen LogP contribution is -2.49. The highest BCUT2D eigenvalue weighted by Crippen LogP contribution is 2.38. The standard InChI is InChI=1S/C11H17F3N2O2/c12-11(13,14)10(18)3-5-16(7-10)9(17)8-2-1-4-15-6-8/h8,15,18H,1-7H2/t8-,10-/m0/s1. The molecule has 2 aliphatic heterocycles. The van der Waals surface area contributed by atoms with E-state index in [1.807, 2.05) is 0 Å². The number of halogens is 3. The molecule has 7 heteroatoms. The van der Waals surface area contributed by atoms with Gasteiger partial charge >= 0.3 is 6.18 Å². The summed E-state index contributed by atoms with van der Waals surface area (Å²) < 4.78 is 37.9. The van der Waals surface area contributed by atoms with Gasteiger partial charge in [-0.25, -0.2) is 0 Å². The van der Waals surface area contributed by atoms with Crippen LogP contribution in [0.25, 0.3) is 0 Å². The second-order valence-corrected chi connectivity index (χ2v) is 5.08. The molecule has 2 aliphatic rings. The normalized spacial score (nSPS) is 33.8. The van der Waals surface area contributed by atoms with Gasteiger partial charge in [-0.1, -0.05) is 0 Å². The van der Waals surface area contributed by atoms with Crippen molar-refractivity contribution in [3.8, 4) is 0 Å². The van der Waals surface area contributed by atoms with Gasteiger partial charge in [0.05, 0.1) is 12.5 Å². The van der Waals surface area contributed by atoms with Crippen molar-refractivity contribution in [2.75, 3.05) is 26.2 Å². The van der Waals surface area contributed by atoms with E-state index in [1.54, 1.807) is 0 Å². The predicted molar refractivity (Wildman–Crippen MR) is 57.8 cm³/mol. The molecule has 0 radical (unpaired) electrons. The van der Waals surface area contributed by atoms with Gasteiger partial charge in [-0.15, -0.1) is 0 Å². The Morgan fingerprint density at radius 1 is 1.44 bits per heavy atom. The maximum atomic E-state index is 12.6. The molecule has 0 saturated carbocycles. The molecule has 0 aliphatic carbocycles. The molecular formula is C11H17F3N2O2. The monoisotopic (exact) mass is 266 g/mol. The fraction of sp³-hybridized carbons (Fsp3) is 0.909. The topological polar surface area (TPSA) is 52.6 Å². The lowest BCUT2D eigenvalue weighted by molar-refractivity contribution is -0.253. The first-order valence-electron chi connectivity index (χ1n) is 6.12. The molecule has 18 heavy (non-hydrogen) atoms. The zero-order valence-corrected chi connectivity index (χ0v) is 9.96. The number of rotatable bonds is 1. The first-order chi connectivity index (χ1) is 8.33. The average Bonchev–Trinajstić information content (AvgIpc) is 2.73. The van der Waals surface area contributed by atoms with E-state index in [-0.39, 0.29) is 18.4 Å². The molecule has 0 aromatic heterocycles. The van der Waals surface area contributed by atoms with Crippen molar-refractivity contribution in [1.82, 2.24) is 10.2 Å². The van der Waals surface area contributed by atoms with Gasteiger partial charge in [-0.2, -0.15) is 13.2 Å². The number of nitrogens with zero attached hydrogens (tertiary/aromatic N) is 1. The van der Waals surface area contributed by atoms with Gasteiger partial charge < -0.3 is 15.3 Å². The molecule has 0 aromatic rings. The van der Waals surface area contributed by atoms with Crippen LogP contribution in [0.4, 0.5) is 13.2 Å². The second-order valence-electron chi connectivity index (χ2n) is 5.08. The minimum atomic E-state index is -4.67. The summed E-state index contributed by atoms with van der Waals surface area (Å²) in [5.41, 5.74) is -2.73. The molecule has 4 nitrogen and oxygen atoms in total. The number of likely N-dealkylation sites (tertiary alicyclic amines) is 1. The van der Waals surface area contributed by atoms with E-state index in [0.717, 1.165) is 17.9 Å². The molecule has 0 spiro atoms. The average molecular weight is 266 g/mol. The summed E-state index contributed by atoms with van der Waals surface area (Å²) in [5.74, 6) is -0.531. The molecule has 2 saturated heterocycles. The van der Waals surface area contributed by atoms with E-state index < -0.39 is 24.7 Å². The maximum absolute atomic E-state index is 12.6. The van der Waals surface area contributed by atoms with Gasteiger partial charge in [0.15, 0.2) is 5.60 Å². The second kappa shape index (κ2) is 4.70. The summed E-state index contributed by atoms with van der Waals surface area (Å²) in [6, 6.07) is 0. The molecular weight excluding hydrogens is 249 g/mol. The van der Waals surface area contributed by atoms with Crippen molar-refractivity contribution in [2.45, 2.75) is 31.0 Å². The van der Waals surface area contributed by atoms with Crippen LogP contribution in [0.2, 0.25) is 0 Å². The Balaban J connectivity index is 1.98. The van der Waals surface area contributed by atoms with Crippen molar-refractivity contribution in [2.24, 2.45) is 5.92 Å². The highest BCUT2D eigenvalue weighted by molar-refractivity contribution is 5.79. The van der Waals surface area contributed by atoms with E-state index in [2.05, 4.69) is 5.32 Å². The molecule has 0 unspecified atom stereocenters.